The quantitative estimate of drug-likeness (QED) is 0.835. The van der Waals surface area contributed by atoms with E-state index in [0.717, 1.165) is 31.0 Å². The van der Waals surface area contributed by atoms with Crippen molar-refractivity contribution in [3.63, 3.8) is 0 Å². The zero-order chi connectivity index (χ0) is 12.9. The molecule has 1 aliphatic carbocycles. The second kappa shape index (κ2) is 3.90. The second-order valence-corrected chi connectivity index (χ2v) is 6.05. The van der Waals surface area contributed by atoms with Gasteiger partial charge in [0.05, 0.1) is 38.2 Å². The van der Waals surface area contributed by atoms with Gasteiger partial charge in [-0.2, -0.15) is 5.10 Å². The van der Waals surface area contributed by atoms with Gasteiger partial charge in [0, 0.05) is 17.2 Å². The fourth-order valence-electron chi connectivity index (χ4n) is 2.45. The van der Waals surface area contributed by atoms with Crippen molar-refractivity contribution in [3.8, 4) is 11.3 Å². The van der Waals surface area contributed by atoms with Crippen LogP contribution in [0.5, 0.6) is 0 Å². The van der Waals surface area contributed by atoms with Gasteiger partial charge in [0.1, 0.15) is 5.69 Å². The molecule has 0 atom stereocenters. The zero-order valence-electron chi connectivity index (χ0n) is 11.0. The Kier molecular flexibility index (Phi) is 2.29. The maximum Gasteiger partial charge on any atom is 0.116 e. The molecule has 0 unspecified atom stereocenters. The van der Waals surface area contributed by atoms with E-state index >= 15 is 0 Å². The molecule has 0 spiro atoms. The van der Waals surface area contributed by atoms with E-state index in [1.54, 1.807) is 0 Å². The molecule has 3 heterocycles. The second-order valence-electron chi connectivity index (χ2n) is 6.05. The molecule has 2 fully saturated rings. The van der Waals surface area contributed by atoms with Crippen LogP contribution in [0.15, 0.2) is 18.6 Å². The highest BCUT2D eigenvalue weighted by Crippen LogP contribution is 2.35. The Morgan fingerprint density at radius 3 is 2.89 bits per heavy atom. The van der Waals surface area contributed by atoms with Crippen LogP contribution in [-0.2, 0) is 11.3 Å². The van der Waals surface area contributed by atoms with Crippen molar-refractivity contribution in [3.05, 3.63) is 18.6 Å². The molecule has 2 aliphatic rings. The maximum absolute atomic E-state index is 5.26. The van der Waals surface area contributed by atoms with Gasteiger partial charge in [0.25, 0.3) is 0 Å². The van der Waals surface area contributed by atoms with Crippen LogP contribution >= 0.6 is 0 Å². The van der Waals surface area contributed by atoms with Gasteiger partial charge in [0.2, 0.25) is 0 Å². The molecule has 0 amide bonds. The van der Waals surface area contributed by atoms with Crippen LogP contribution in [0.3, 0.4) is 0 Å². The Balaban J connectivity index is 1.52. The van der Waals surface area contributed by atoms with E-state index in [1.165, 1.54) is 12.8 Å². The predicted octanol–water partition coefficient (Wildman–Crippen LogP) is 1.51. The SMILES string of the molecule is CC1(Cn2cc(-c3cnn(C4CC4)c3)nn2)COC1. The predicted molar refractivity (Wildman–Crippen MR) is 68.4 cm³/mol. The smallest absolute Gasteiger partial charge is 0.116 e. The molecule has 1 saturated carbocycles. The van der Waals surface area contributed by atoms with Crippen molar-refractivity contribution >= 4 is 0 Å². The minimum atomic E-state index is 0.211. The van der Waals surface area contributed by atoms with Crippen molar-refractivity contribution in [2.24, 2.45) is 5.41 Å². The molecule has 19 heavy (non-hydrogen) atoms. The average Bonchev–Trinajstić information content (AvgIpc) is 2.91. The van der Waals surface area contributed by atoms with Gasteiger partial charge in [0.15, 0.2) is 0 Å². The minimum absolute atomic E-state index is 0.211. The van der Waals surface area contributed by atoms with Crippen molar-refractivity contribution in [1.29, 1.82) is 0 Å². The summed E-state index contributed by atoms with van der Waals surface area (Å²) in [7, 11) is 0. The van der Waals surface area contributed by atoms with Gasteiger partial charge in [-0.3, -0.25) is 9.36 Å². The first-order valence-corrected chi connectivity index (χ1v) is 6.74. The Hall–Kier alpha value is -1.69. The third-order valence-corrected chi connectivity index (χ3v) is 3.80. The third kappa shape index (κ3) is 2.06. The Morgan fingerprint density at radius 1 is 1.37 bits per heavy atom. The molecule has 1 saturated heterocycles. The zero-order valence-corrected chi connectivity index (χ0v) is 11.0. The van der Waals surface area contributed by atoms with Crippen LogP contribution < -0.4 is 0 Å². The Morgan fingerprint density at radius 2 is 2.21 bits per heavy atom. The van der Waals surface area contributed by atoms with Crippen LogP contribution in [0.1, 0.15) is 25.8 Å². The highest BCUT2D eigenvalue weighted by atomic mass is 16.5. The van der Waals surface area contributed by atoms with Gasteiger partial charge >= 0.3 is 0 Å². The molecule has 0 aromatic carbocycles. The lowest BCUT2D eigenvalue weighted by atomic mass is 9.89. The molecule has 1 aliphatic heterocycles. The summed E-state index contributed by atoms with van der Waals surface area (Å²) in [6, 6.07) is 0.606. The molecule has 0 N–H and O–H groups in total. The lowest BCUT2D eigenvalue weighted by Gasteiger charge is -2.37. The number of aromatic nitrogens is 5. The van der Waals surface area contributed by atoms with Crippen molar-refractivity contribution in [1.82, 2.24) is 24.8 Å². The average molecular weight is 259 g/mol. The summed E-state index contributed by atoms with van der Waals surface area (Å²) in [5.41, 5.74) is 2.16. The highest BCUT2D eigenvalue weighted by Gasteiger charge is 2.34. The van der Waals surface area contributed by atoms with Crippen molar-refractivity contribution < 1.29 is 4.74 Å². The summed E-state index contributed by atoms with van der Waals surface area (Å²) in [5, 5.41) is 12.8. The molecule has 0 bridgehead atoms. The first-order valence-electron chi connectivity index (χ1n) is 6.74. The standard InChI is InChI=1S/C13H17N5O/c1-13(8-19-9-13)7-17-6-12(15-16-17)10-4-14-18(5-10)11-2-3-11/h4-6,11H,2-3,7-9H2,1H3. The van der Waals surface area contributed by atoms with Crippen LogP contribution in [-0.4, -0.2) is 38.0 Å². The van der Waals surface area contributed by atoms with E-state index in [9.17, 15) is 0 Å². The summed E-state index contributed by atoms with van der Waals surface area (Å²) in [6.45, 7) is 4.68. The lowest BCUT2D eigenvalue weighted by Crippen LogP contribution is -2.43. The largest absolute Gasteiger partial charge is 0.380 e. The van der Waals surface area contributed by atoms with E-state index in [2.05, 4.69) is 28.5 Å². The van der Waals surface area contributed by atoms with Gasteiger partial charge in [-0.15, -0.1) is 5.10 Å². The molecular formula is C13H17N5O. The number of hydrogen-bond acceptors (Lipinski definition) is 4. The lowest BCUT2D eigenvalue weighted by molar-refractivity contribution is -0.111. The summed E-state index contributed by atoms with van der Waals surface area (Å²) in [6.07, 6.45) is 8.43. The van der Waals surface area contributed by atoms with E-state index in [1.807, 2.05) is 21.8 Å². The van der Waals surface area contributed by atoms with Crippen molar-refractivity contribution in [2.75, 3.05) is 13.2 Å². The molecule has 2 aromatic heterocycles. The molecule has 0 radical (unpaired) electrons. The molecule has 6 heteroatoms. The number of ether oxygens (including phenoxy) is 1. The van der Waals surface area contributed by atoms with E-state index < -0.39 is 0 Å². The minimum Gasteiger partial charge on any atom is -0.380 e. The van der Waals surface area contributed by atoms with Crippen LogP contribution in [0.2, 0.25) is 0 Å². The van der Waals surface area contributed by atoms with Gasteiger partial charge < -0.3 is 4.74 Å². The summed E-state index contributed by atoms with van der Waals surface area (Å²) in [4.78, 5) is 0. The normalized spacial score (nSPS) is 21.3. The Labute approximate surface area is 111 Å². The van der Waals surface area contributed by atoms with Gasteiger partial charge in [-0.05, 0) is 12.8 Å². The number of rotatable bonds is 4. The molecule has 6 nitrogen and oxygen atoms in total. The summed E-state index contributed by atoms with van der Waals surface area (Å²) in [5.74, 6) is 0. The van der Waals surface area contributed by atoms with Gasteiger partial charge in [-0.25, -0.2) is 0 Å². The molecule has 100 valence electrons. The fraction of sp³-hybridized carbons (Fsp3) is 0.615. The topological polar surface area (TPSA) is 57.8 Å². The first-order chi connectivity index (χ1) is 9.22. The maximum atomic E-state index is 5.26. The van der Waals surface area contributed by atoms with E-state index in [0.29, 0.717) is 6.04 Å². The highest BCUT2D eigenvalue weighted by molar-refractivity contribution is 5.55. The van der Waals surface area contributed by atoms with Crippen LogP contribution in [0.25, 0.3) is 11.3 Å². The Bertz CT molecular complexity index is 594. The summed E-state index contributed by atoms with van der Waals surface area (Å²) < 4.78 is 9.21. The molecule has 4 rings (SSSR count). The third-order valence-electron chi connectivity index (χ3n) is 3.80. The number of nitrogens with zero attached hydrogens (tertiary/aromatic N) is 5. The monoisotopic (exact) mass is 259 g/mol. The van der Waals surface area contributed by atoms with Crippen LogP contribution in [0, 0.1) is 5.41 Å². The summed E-state index contributed by atoms with van der Waals surface area (Å²) >= 11 is 0. The van der Waals surface area contributed by atoms with Gasteiger partial charge in [-0.1, -0.05) is 12.1 Å². The fourth-order valence-corrected chi connectivity index (χ4v) is 2.45. The first kappa shape index (κ1) is 11.2. The number of hydrogen-bond donors (Lipinski definition) is 0. The van der Waals surface area contributed by atoms with Crippen LogP contribution in [0.4, 0.5) is 0 Å². The van der Waals surface area contributed by atoms with E-state index in [4.69, 9.17) is 4.74 Å². The van der Waals surface area contributed by atoms with Crippen molar-refractivity contribution in [2.45, 2.75) is 32.4 Å². The molecular weight excluding hydrogens is 242 g/mol. The molecule has 2 aromatic rings. The van der Waals surface area contributed by atoms with E-state index in [-0.39, 0.29) is 5.41 Å².